The van der Waals surface area contributed by atoms with Crippen LogP contribution < -0.4 is 19.5 Å². The molecule has 0 aliphatic carbocycles. The minimum atomic E-state index is 0.361. The van der Waals surface area contributed by atoms with Crippen molar-refractivity contribution >= 4 is 45.5 Å². The summed E-state index contributed by atoms with van der Waals surface area (Å²) in [6, 6.07) is 9.17. The van der Waals surface area contributed by atoms with Gasteiger partial charge < -0.3 is 29.3 Å². The van der Waals surface area contributed by atoms with Gasteiger partial charge in [0.2, 0.25) is 0 Å². The van der Waals surface area contributed by atoms with E-state index in [9.17, 15) is 5.26 Å². The number of anilines is 2. The summed E-state index contributed by atoms with van der Waals surface area (Å²) in [7, 11) is 5.35. The molecule has 1 N–H and O–H groups in total. The molecule has 0 unspecified atom stereocenters. The van der Waals surface area contributed by atoms with Crippen LogP contribution in [0.1, 0.15) is 12.0 Å². The van der Waals surface area contributed by atoms with Crippen molar-refractivity contribution in [1.82, 2.24) is 14.8 Å². The average Bonchev–Trinajstić information content (AvgIpc) is 3.44. The first-order valence-corrected chi connectivity index (χ1v) is 13.4. The van der Waals surface area contributed by atoms with Crippen molar-refractivity contribution in [2.24, 2.45) is 11.8 Å². The van der Waals surface area contributed by atoms with Crippen LogP contribution in [-0.4, -0.2) is 75.4 Å². The molecular formula is C28H31Cl2N5O3. The molecule has 200 valence electrons. The van der Waals surface area contributed by atoms with E-state index < -0.39 is 0 Å². The molecule has 1 aromatic heterocycles. The van der Waals surface area contributed by atoms with E-state index in [1.807, 2.05) is 12.1 Å². The maximum Gasteiger partial charge on any atom is 0.163 e. The summed E-state index contributed by atoms with van der Waals surface area (Å²) in [6.07, 6.45) is 2.46. The number of ether oxygens (including phenoxy) is 3. The molecule has 0 saturated carbocycles. The topological polar surface area (TPSA) is 82.9 Å². The van der Waals surface area contributed by atoms with Gasteiger partial charge in [0.15, 0.2) is 11.5 Å². The first-order chi connectivity index (χ1) is 18.4. The molecule has 3 aromatic rings. The molecule has 2 aliphatic heterocycles. The van der Waals surface area contributed by atoms with Crippen molar-refractivity contribution < 1.29 is 14.2 Å². The minimum absolute atomic E-state index is 0.361. The van der Waals surface area contributed by atoms with Gasteiger partial charge in [-0.05, 0) is 37.4 Å². The fraction of sp³-hybridized carbons (Fsp3) is 0.429. The number of fused-ring (bicyclic) bond motifs is 2. The van der Waals surface area contributed by atoms with Gasteiger partial charge in [0, 0.05) is 56.4 Å². The van der Waals surface area contributed by atoms with Crippen molar-refractivity contribution in [1.29, 1.82) is 5.26 Å². The minimum Gasteiger partial charge on any atom is -0.495 e. The number of aromatic nitrogens is 1. The molecular weight excluding hydrogens is 525 g/mol. The predicted molar refractivity (Wildman–Crippen MR) is 150 cm³/mol. The van der Waals surface area contributed by atoms with Crippen LogP contribution in [0.5, 0.6) is 17.2 Å². The Labute approximate surface area is 233 Å². The Hall–Kier alpha value is -2.96. The van der Waals surface area contributed by atoms with E-state index in [1.165, 1.54) is 39.5 Å². The van der Waals surface area contributed by atoms with E-state index in [0.717, 1.165) is 24.8 Å². The van der Waals surface area contributed by atoms with Crippen molar-refractivity contribution in [3.05, 3.63) is 46.1 Å². The Morgan fingerprint density at radius 3 is 2.42 bits per heavy atom. The Morgan fingerprint density at radius 2 is 1.74 bits per heavy atom. The number of nitriles is 1. The van der Waals surface area contributed by atoms with Crippen molar-refractivity contribution in [2.75, 3.05) is 65.9 Å². The quantitative estimate of drug-likeness (QED) is 0.349. The third-order valence-electron chi connectivity index (χ3n) is 7.40. The molecule has 2 aromatic carbocycles. The molecule has 0 bridgehead atoms. The number of nitrogens with one attached hydrogen (secondary N) is 1. The zero-order valence-corrected chi connectivity index (χ0v) is 23.3. The molecule has 0 spiro atoms. The fourth-order valence-electron chi connectivity index (χ4n) is 5.59. The zero-order chi connectivity index (χ0) is 26.8. The molecule has 3 heterocycles. The number of hydrogen-bond donors (Lipinski definition) is 1. The van der Waals surface area contributed by atoms with Crippen LogP contribution in [0, 0.1) is 23.2 Å². The number of pyridine rings is 1. The van der Waals surface area contributed by atoms with E-state index in [-0.39, 0.29) is 0 Å². The van der Waals surface area contributed by atoms with Gasteiger partial charge in [-0.15, -0.1) is 0 Å². The highest BCUT2D eigenvalue weighted by Crippen LogP contribution is 2.40. The molecule has 8 nitrogen and oxygen atoms in total. The lowest BCUT2D eigenvalue weighted by atomic mass is 10.0. The van der Waals surface area contributed by atoms with E-state index >= 15 is 0 Å². The van der Waals surface area contributed by atoms with Gasteiger partial charge in [-0.2, -0.15) is 5.26 Å². The van der Waals surface area contributed by atoms with Gasteiger partial charge >= 0.3 is 0 Å². The van der Waals surface area contributed by atoms with Crippen LogP contribution in [0.15, 0.2) is 30.5 Å². The molecule has 2 aliphatic rings. The van der Waals surface area contributed by atoms with Crippen LogP contribution >= 0.6 is 23.2 Å². The van der Waals surface area contributed by atoms with E-state index in [4.69, 9.17) is 37.4 Å². The zero-order valence-electron chi connectivity index (χ0n) is 21.8. The van der Waals surface area contributed by atoms with Gasteiger partial charge in [-0.1, -0.05) is 23.2 Å². The summed E-state index contributed by atoms with van der Waals surface area (Å²) >= 11 is 12.6. The monoisotopic (exact) mass is 555 g/mol. The number of likely N-dealkylation sites (tertiary alicyclic amines) is 2. The van der Waals surface area contributed by atoms with Gasteiger partial charge in [0.05, 0.1) is 53.3 Å². The van der Waals surface area contributed by atoms with Crippen LogP contribution in [0.2, 0.25) is 10.0 Å². The fourth-order valence-corrected chi connectivity index (χ4v) is 6.09. The summed E-state index contributed by atoms with van der Waals surface area (Å²) in [5.41, 5.74) is 2.13. The highest BCUT2D eigenvalue weighted by atomic mass is 35.5. The van der Waals surface area contributed by atoms with Crippen LogP contribution in [0.25, 0.3) is 10.9 Å². The number of methoxy groups -OCH3 is 2. The highest BCUT2D eigenvalue weighted by molar-refractivity contribution is 6.37. The Balaban J connectivity index is 1.33. The maximum atomic E-state index is 9.78. The lowest BCUT2D eigenvalue weighted by Gasteiger charge is -2.19. The summed E-state index contributed by atoms with van der Waals surface area (Å²) < 4.78 is 17.1. The summed E-state index contributed by atoms with van der Waals surface area (Å²) in [5, 5.41) is 14.5. The van der Waals surface area contributed by atoms with Crippen LogP contribution in [0.4, 0.5) is 11.4 Å². The van der Waals surface area contributed by atoms with E-state index in [0.29, 0.717) is 61.7 Å². The van der Waals surface area contributed by atoms with Gasteiger partial charge in [-0.3, -0.25) is 4.98 Å². The van der Waals surface area contributed by atoms with Crippen molar-refractivity contribution in [3.63, 3.8) is 0 Å². The third kappa shape index (κ3) is 5.43. The van der Waals surface area contributed by atoms with Gasteiger partial charge in [0.25, 0.3) is 0 Å². The molecule has 2 atom stereocenters. The van der Waals surface area contributed by atoms with E-state index in [2.05, 4.69) is 33.2 Å². The van der Waals surface area contributed by atoms with E-state index in [1.54, 1.807) is 19.2 Å². The lowest BCUT2D eigenvalue weighted by Crippen LogP contribution is -2.28. The van der Waals surface area contributed by atoms with Crippen molar-refractivity contribution in [2.45, 2.75) is 6.42 Å². The predicted octanol–water partition coefficient (Wildman–Crippen LogP) is 5.44. The molecule has 2 saturated heterocycles. The third-order valence-corrected chi connectivity index (χ3v) is 8.00. The van der Waals surface area contributed by atoms with Crippen LogP contribution in [0.3, 0.4) is 0 Å². The average molecular weight is 556 g/mol. The summed E-state index contributed by atoms with van der Waals surface area (Å²) in [4.78, 5) is 9.50. The first-order valence-electron chi connectivity index (χ1n) is 12.6. The number of rotatable bonds is 9. The molecule has 5 rings (SSSR count). The molecule has 2 fully saturated rings. The standard InChI is InChI=1S/C28H31Cl2N5O3/c1-34-13-18-15-35(16-19(18)14-34)5-4-6-38-27-9-23-20(7-26(27)37-3)28(17(11-31)12-32-23)33-24-10-25(36-2)22(30)8-21(24)29/h7-10,12,18-19H,4-6,13-16H2,1-3H3,(H,32,33)/t18-,19+. The second kappa shape index (κ2) is 11.4. The Kier molecular flexibility index (Phi) is 8.01. The largest absolute Gasteiger partial charge is 0.495 e. The second-order valence-electron chi connectivity index (χ2n) is 9.97. The SMILES string of the molecule is COc1cc(Nc2c(C#N)cnc3cc(OCCCN4C[C@H]5CN(C)C[C@H]5C4)c(OC)cc23)c(Cl)cc1Cl. The number of hydrogen-bond acceptors (Lipinski definition) is 8. The van der Waals surface area contributed by atoms with Gasteiger partial charge in [0.1, 0.15) is 11.8 Å². The van der Waals surface area contributed by atoms with Crippen LogP contribution in [-0.2, 0) is 0 Å². The number of nitrogens with zero attached hydrogens (tertiary/aromatic N) is 4. The van der Waals surface area contributed by atoms with Gasteiger partial charge in [-0.25, -0.2) is 0 Å². The number of halogens is 2. The normalized spacial score (nSPS) is 19.4. The lowest BCUT2D eigenvalue weighted by molar-refractivity contribution is 0.237. The Morgan fingerprint density at radius 1 is 1.00 bits per heavy atom. The summed E-state index contributed by atoms with van der Waals surface area (Å²) in [5.74, 6) is 3.26. The maximum absolute atomic E-state index is 9.78. The summed E-state index contributed by atoms with van der Waals surface area (Å²) in [6.45, 7) is 6.38. The molecule has 0 amide bonds. The number of benzene rings is 2. The Bertz CT molecular complexity index is 1370. The molecule has 0 radical (unpaired) electrons. The molecule has 38 heavy (non-hydrogen) atoms. The highest BCUT2D eigenvalue weighted by Gasteiger charge is 2.38. The smallest absolute Gasteiger partial charge is 0.163 e. The first kappa shape index (κ1) is 26.6. The molecule has 10 heteroatoms. The second-order valence-corrected chi connectivity index (χ2v) is 10.8. The van der Waals surface area contributed by atoms with Crippen molar-refractivity contribution in [3.8, 4) is 23.3 Å².